The number of anilines is 1. The van der Waals surface area contributed by atoms with Crippen LogP contribution in [0.3, 0.4) is 0 Å². The Labute approximate surface area is 195 Å². The van der Waals surface area contributed by atoms with Crippen LogP contribution < -0.4 is 14.4 Å². The lowest BCUT2D eigenvalue weighted by Gasteiger charge is -2.36. The van der Waals surface area contributed by atoms with Gasteiger partial charge in [-0.05, 0) is 31.2 Å². The van der Waals surface area contributed by atoms with Crippen LogP contribution in [0.15, 0.2) is 53.4 Å². The molecule has 0 aliphatic carbocycles. The topological polar surface area (TPSA) is 99.6 Å². The van der Waals surface area contributed by atoms with Crippen molar-refractivity contribution < 1.29 is 27.8 Å². The molecule has 0 spiro atoms. The molecule has 1 aliphatic rings. The Kier molecular flexibility index (Phi) is 8.17. The summed E-state index contributed by atoms with van der Waals surface area (Å²) in [4.78, 5) is 16.5. The number of rotatable bonds is 9. The molecule has 1 N–H and O–H groups in total. The molecule has 3 rings (SSSR count). The Morgan fingerprint density at radius 1 is 1.06 bits per heavy atom. The minimum absolute atomic E-state index is 0.0383. The second-order valence-corrected chi connectivity index (χ2v) is 9.77. The Hall–Kier alpha value is -2.82. The van der Waals surface area contributed by atoms with E-state index in [1.807, 2.05) is 35.2 Å². The molecule has 1 unspecified atom stereocenters. The average Bonchev–Trinajstić information content (AvgIpc) is 2.83. The molecule has 1 fully saturated rings. The number of benzene rings is 2. The van der Waals surface area contributed by atoms with Crippen LogP contribution in [0.25, 0.3) is 0 Å². The van der Waals surface area contributed by atoms with Crippen LogP contribution in [0.2, 0.25) is 0 Å². The Morgan fingerprint density at radius 3 is 2.30 bits per heavy atom. The molecule has 1 saturated heterocycles. The van der Waals surface area contributed by atoms with Crippen molar-refractivity contribution in [3.8, 4) is 11.5 Å². The van der Waals surface area contributed by atoms with E-state index in [1.165, 1.54) is 24.6 Å². The van der Waals surface area contributed by atoms with Crippen LogP contribution >= 0.6 is 0 Å². The lowest BCUT2D eigenvalue weighted by atomic mass is 10.2. The van der Waals surface area contributed by atoms with Gasteiger partial charge >= 0.3 is 0 Å². The van der Waals surface area contributed by atoms with Crippen molar-refractivity contribution in [2.45, 2.75) is 17.9 Å². The van der Waals surface area contributed by atoms with Crippen LogP contribution in [-0.4, -0.2) is 88.2 Å². The van der Waals surface area contributed by atoms with Crippen LogP contribution in [0.5, 0.6) is 11.5 Å². The zero-order chi connectivity index (χ0) is 24.0. The van der Waals surface area contributed by atoms with Gasteiger partial charge in [-0.3, -0.25) is 4.79 Å². The second kappa shape index (κ2) is 10.9. The number of hydrogen-bond donors (Lipinski definition) is 1. The summed E-state index contributed by atoms with van der Waals surface area (Å²) in [6.07, 6.45) is -0.599. The number of piperazine rings is 1. The Bertz CT molecular complexity index is 1040. The summed E-state index contributed by atoms with van der Waals surface area (Å²) in [5.74, 6) is 0.545. The molecule has 0 saturated carbocycles. The first-order valence-electron chi connectivity index (χ1n) is 10.7. The monoisotopic (exact) mass is 477 g/mol. The van der Waals surface area contributed by atoms with Gasteiger partial charge in [0.2, 0.25) is 15.9 Å². The summed E-state index contributed by atoms with van der Waals surface area (Å²) < 4.78 is 38.3. The van der Waals surface area contributed by atoms with Gasteiger partial charge in [-0.2, -0.15) is 4.31 Å². The quantitative estimate of drug-likeness (QED) is 0.583. The first kappa shape index (κ1) is 24.8. The van der Waals surface area contributed by atoms with Gasteiger partial charge in [0.05, 0.1) is 26.9 Å². The fourth-order valence-corrected chi connectivity index (χ4v) is 5.38. The van der Waals surface area contributed by atoms with Gasteiger partial charge in [0.25, 0.3) is 0 Å². The number of carbonyl (C=O) groups excluding carboxylic acids is 1. The Morgan fingerprint density at radius 2 is 1.73 bits per heavy atom. The van der Waals surface area contributed by atoms with E-state index in [0.717, 1.165) is 5.69 Å². The lowest BCUT2D eigenvalue weighted by molar-refractivity contribution is -0.130. The number of carbonyl (C=O) groups is 1. The van der Waals surface area contributed by atoms with Crippen molar-refractivity contribution in [2.75, 3.05) is 58.4 Å². The molecule has 9 nitrogen and oxygen atoms in total. The molecule has 1 atom stereocenters. The maximum Gasteiger partial charge on any atom is 0.247 e. The van der Waals surface area contributed by atoms with Gasteiger partial charge in [-0.25, -0.2) is 8.42 Å². The zero-order valence-corrected chi connectivity index (χ0v) is 20.0. The van der Waals surface area contributed by atoms with E-state index in [2.05, 4.69) is 0 Å². The van der Waals surface area contributed by atoms with E-state index in [4.69, 9.17) is 9.47 Å². The van der Waals surface area contributed by atoms with Crippen LogP contribution in [0.4, 0.5) is 5.69 Å². The average molecular weight is 478 g/mol. The summed E-state index contributed by atoms with van der Waals surface area (Å²) in [7, 11) is -0.931. The zero-order valence-electron chi connectivity index (χ0n) is 19.2. The molecule has 1 aliphatic heterocycles. The van der Waals surface area contributed by atoms with Gasteiger partial charge in [0.15, 0.2) is 0 Å². The third kappa shape index (κ3) is 5.95. The van der Waals surface area contributed by atoms with Crippen LogP contribution in [0.1, 0.15) is 6.92 Å². The van der Waals surface area contributed by atoms with E-state index in [9.17, 15) is 18.3 Å². The lowest BCUT2D eigenvalue weighted by Crippen LogP contribution is -2.53. The molecular formula is C23H31N3O6S. The fourth-order valence-electron chi connectivity index (χ4n) is 3.78. The van der Waals surface area contributed by atoms with E-state index >= 15 is 0 Å². The summed E-state index contributed by atoms with van der Waals surface area (Å²) in [6, 6.07) is 14.1. The smallest absolute Gasteiger partial charge is 0.247 e. The van der Waals surface area contributed by atoms with Gasteiger partial charge in [0.1, 0.15) is 16.4 Å². The first-order valence-corrected chi connectivity index (χ1v) is 12.2. The predicted molar refractivity (Wildman–Crippen MR) is 125 cm³/mol. The molecule has 1 heterocycles. The molecule has 0 bridgehead atoms. The third-order valence-electron chi connectivity index (χ3n) is 5.51. The third-order valence-corrected chi connectivity index (χ3v) is 7.43. The van der Waals surface area contributed by atoms with Crippen molar-refractivity contribution in [1.29, 1.82) is 0 Å². The van der Waals surface area contributed by atoms with Crippen molar-refractivity contribution in [3.63, 3.8) is 0 Å². The highest BCUT2D eigenvalue weighted by Gasteiger charge is 2.33. The van der Waals surface area contributed by atoms with E-state index in [0.29, 0.717) is 12.3 Å². The summed E-state index contributed by atoms with van der Waals surface area (Å²) in [6.45, 7) is 3.01. The van der Waals surface area contributed by atoms with Crippen molar-refractivity contribution >= 4 is 21.6 Å². The number of amides is 1. The van der Waals surface area contributed by atoms with Gasteiger partial charge in [-0.15, -0.1) is 0 Å². The Balaban J connectivity index is 1.68. The number of nitrogens with zero attached hydrogens (tertiary/aromatic N) is 3. The maximum absolute atomic E-state index is 13.2. The second-order valence-electron chi connectivity index (χ2n) is 7.87. The number of para-hydroxylation sites is 1. The SMILES string of the molecule is COc1ccc(OC)c(S(=O)(=O)N2CCN(C(=O)CN(CC(C)O)c3ccccc3)CC2)c1. The minimum atomic E-state index is -3.82. The molecule has 0 radical (unpaired) electrons. The highest BCUT2D eigenvalue weighted by atomic mass is 32.2. The normalized spacial score (nSPS) is 15.7. The summed E-state index contributed by atoms with van der Waals surface area (Å²) in [5, 5.41) is 9.86. The highest BCUT2D eigenvalue weighted by molar-refractivity contribution is 7.89. The number of aliphatic hydroxyl groups excluding tert-OH is 1. The number of methoxy groups -OCH3 is 2. The summed E-state index contributed by atoms with van der Waals surface area (Å²) in [5.41, 5.74) is 0.845. The molecule has 2 aromatic rings. The molecular weight excluding hydrogens is 446 g/mol. The molecule has 0 aromatic heterocycles. The fraction of sp³-hybridized carbons (Fsp3) is 0.435. The number of ether oxygens (including phenoxy) is 2. The highest BCUT2D eigenvalue weighted by Crippen LogP contribution is 2.31. The molecule has 1 amide bonds. The number of hydrogen-bond acceptors (Lipinski definition) is 7. The van der Waals surface area contributed by atoms with Gasteiger partial charge in [0, 0.05) is 44.5 Å². The van der Waals surface area contributed by atoms with Gasteiger partial charge < -0.3 is 24.4 Å². The number of sulfonamides is 1. The molecule has 33 heavy (non-hydrogen) atoms. The minimum Gasteiger partial charge on any atom is -0.497 e. The largest absolute Gasteiger partial charge is 0.497 e. The van der Waals surface area contributed by atoms with Crippen LogP contribution in [0, 0.1) is 0 Å². The van der Waals surface area contributed by atoms with E-state index in [1.54, 1.807) is 24.0 Å². The van der Waals surface area contributed by atoms with Crippen molar-refractivity contribution in [3.05, 3.63) is 48.5 Å². The van der Waals surface area contributed by atoms with Crippen molar-refractivity contribution in [1.82, 2.24) is 9.21 Å². The molecule has 10 heteroatoms. The molecule has 180 valence electrons. The van der Waals surface area contributed by atoms with E-state index < -0.39 is 16.1 Å². The predicted octanol–water partition coefficient (Wildman–Crippen LogP) is 1.42. The van der Waals surface area contributed by atoms with E-state index in [-0.39, 0.29) is 49.3 Å². The standard InChI is InChI=1S/C23H31N3O6S/c1-18(27)16-25(19-7-5-4-6-8-19)17-23(28)24-11-13-26(14-12-24)33(29,30)22-15-20(31-2)9-10-21(22)32-3/h4-10,15,18,27H,11-14,16-17H2,1-3H3. The van der Waals surface area contributed by atoms with Crippen LogP contribution in [-0.2, 0) is 14.8 Å². The van der Waals surface area contributed by atoms with Crippen molar-refractivity contribution in [2.24, 2.45) is 0 Å². The number of aliphatic hydroxyl groups is 1. The molecule has 2 aromatic carbocycles. The first-order chi connectivity index (χ1) is 15.8. The maximum atomic E-state index is 13.2. The van der Waals surface area contributed by atoms with Gasteiger partial charge in [-0.1, -0.05) is 18.2 Å². The summed E-state index contributed by atoms with van der Waals surface area (Å²) >= 11 is 0.